The largest absolute Gasteiger partial charge is 0.492 e. The van der Waals surface area contributed by atoms with Crippen molar-refractivity contribution in [1.82, 2.24) is 9.47 Å². The van der Waals surface area contributed by atoms with Gasteiger partial charge in [0, 0.05) is 40.9 Å². The number of benzene rings is 2. The molecule has 2 aliphatic heterocycles. The normalized spacial score (nSPS) is 21.6. The van der Waals surface area contributed by atoms with E-state index in [1.54, 1.807) is 42.5 Å². The van der Waals surface area contributed by atoms with Gasteiger partial charge in [0.1, 0.15) is 12.3 Å². The van der Waals surface area contributed by atoms with Crippen LogP contribution in [0.25, 0.3) is 10.9 Å². The van der Waals surface area contributed by atoms with E-state index in [9.17, 15) is 21.6 Å². The summed E-state index contributed by atoms with van der Waals surface area (Å²) in [6, 6.07) is 12.0. The Morgan fingerprint density at radius 2 is 1.81 bits per heavy atom. The number of halogens is 3. The molecule has 1 aromatic heterocycles. The molecular formula is C35H43F3N4O4S. The van der Waals surface area contributed by atoms with E-state index in [2.05, 4.69) is 21.6 Å². The maximum atomic E-state index is 13.6. The summed E-state index contributed by atoms with van der Waals surface area (Å²) in [5, 5.41) is 0.527. The van der Waals surface area contributed by atoms with Crippen LogP contribution in [0.1, 0.15) is 51.1 Å². The van der Waals surface area contributed by atoms with Gasteiger partial charge in [0.25, 0.3) is 0 Å². The Hall–Kier alpha value is -3.40. The highest BCUT2D eigenvalue weighted by atomic mass is 32.2. The second kappa shape index (κ2) is 13.2. The molecule has 0 bridgehead atoms. The van der Waals surface area contributed by atoms with Gasteiger partial charge in [-0.3, -0.25) is 0 Å². The molecule has 1 spiro atoms. The van der Waals surface area contributed by atoms with Gasteiger partial charge < -0.3 is 29.6 Å². The van der Waals surface area contributed by atoms with Crippen molar-refractivity contribution in [2.45, 2.75) is 75.1 Å². The van der Waals surface area contributed by atoms with Gasteiger partial charge in [0.05, 0.1) is 48.2 Å². The lowest BCUT2D eigenvalue weighted by Gasteiger charge is -2.50. The van der Waals surface area contributed by atoms with Crippen LogP contribution in [0.3, 0.4) is 0 Å². The standard InChI is InChI=1S/C35H43F3N4O4S/c1-3-46-33-21-28(47(2,43)44)13-14-32(33)41(26-11-9-25(10-12-26)40-18-15-34(16-19-40)23-45-24-34)17-5-6-27-20-29-30(39)7-4-8-31(29)42(27)22-35(36,37)38/h4,7-8,13-14,20-21,25-26H,3,9-12,15-19,22-24,39H2,1-2H3. The van der Waals surface area contributed by atoms with E-state index >= 15 is 0 Å². The minimum atomic E-state index is -4.44. The van der Waals surface area contributed by atoms with Gasteiger partial charge in [-0.05, 0) is 94.8 Å². The molecular weight excluding hydrogens is 629 g/mol. The Morgan fingerprint density at radius 1 is 1.09 bits per heavy atom. The highest BCUT2D eigenvalue weighted by Gasteiger charge is 2.43. The van der Waals surface area contributed by atoms with Crippen LogP contribution >= 0.6 is 0 Å². The van der Waals surface area contributed by atoms with Gasteiger partial charge in [-0.2, -0.15) is 13.2 Å². The van der Waals surface area contributed by atoms with Crippen LogP contribution in [0, 0.1) is 17.3 Å². The molecule has 3 aliphatic rings. The summed E-state index contributed by atoms with van der Waals surface area (Å²) < 4.78 is 78.3. The summed E-state index contributed by atoms with van der Waals surface area (Å²) >= 11 is 0. The molecule has 2 aromatic carbocycles. The predicted molar refractivity (Wildman–Crippen MR) is 177 cm³/mol. The third kappa shape index (κ3) is 7.37. The van der Waals surface area contributed by atoms with Gasteiger partial charge in [-0.15, -0.1) is 0 Å². The number of sulfone groups is 1. The van der Waals surface area contributed by atoms with E-state index in [-0.39, 0.29) is 23.2 Å². The van der Waals surface area contributed by atoms with Crippen LogP contribution < -0.4 is 15.4 Å². The number of likely N-dealkylation sites (tertiary alicyclic amines) is 1. The van der Waals surface area contributed by atoms with Gasteiger partial charge >= 0.3 is 6.18 Å². The first-order valence-electron chi connectivity index (χ1n) is 16.3. The Labute approximate surface area is 274 Å². The zero-order valence-corrected chi connectivity index (χ0v) is 27.8. The first-order chi connectivity index (χ1) is 22.4. The molecule has 12 heteroatoms. The number of alkyl halides is 3. The molecule has 0 radical (unpaired) electrons. The van der Waals surface area contributed by atoms with Crippen molar-refractivity contribution in [2.75, 3.05) is 56.3 Å². The predicted octanol–water partition coefficient (Wildman–Crippen LogP) is 5.87. The third-order valence-corrected chi connectivity index (χ3v) is 11.2. The summed E-state index contributed by atoms with van der Waals surface area (Å²) in [6.45, 7) is 5.18. The van der Waals surface area contributed by atoms with Crippen molar-refractivity contribution < 1.29 is 31.1 Å². The van der Waals surface area contributed by atoms with Crippen LogP contribution in [-0.2, 0) is 21.1 Å². The van der Waals surface area contributed by atoms with E-state index in [0.717, 1.165) is 63.9 Å². The van der Waals surface area contributed by atoms with E-state index in [1.165, 1.54) is 17.4 Å². The summed E-state index contributed by atoms with van der Waals surface area (Å²) in [5.74, 6) is 6.63. The summed E-state index contributed by atoms with van der Waals surface area (Å²) in [4.78, 5) is 4.93. The molecule has 3 heterocycles. The number of hydrogen-bond acceptors (Lipinski definition) is 7. The highest BCUT2D eigenvalue weighted by Crippen LogP contribution is 2.41. The van der Waals surface area contributed by atoms with Gasteiger partial charge in [-0.1, -0.05) is 12.0 Å². The van der Waals surface area contributed by atoms with Gasteiger partial charge in [0.2, 0.25) is 0 Å². The maximum absolute atomic E-state index is 13.6. The topological polar surface area (TPSA) is 90.0 Å². The maximum Gasteiger partial charge on any atom is 0.406 e. The van der Waals surface area contributed by atoms with E-state index in [1.807, 2.05) is 6.92 Å². The summed E-state index contributed by atoms with van der Waals surface area (Å²) in [7, 11) is -3.47. The molecule has 2 saturated heterocycles. The van der Waals surface area contributed by atoms with E-state index in [4.69, 9.17) is 15.2 Å². The lowest BCUT2D eigenvalue weighted by molar-refractivity contribution is -0.143. The zero-order chi connectivity index (χ0) is 33.4. The lowest BCUT2D eigenvalue weighted by atomic mass is 9.76. The number of fused-ring (bicyclic) bond motifs is 1. The first-order valence-corrected chi connectivity index (χ1v) is 18.2. The second-order valence-electron chi connectivity index (χ2n) is 13.3. The zero-order valence-electron chi connectivity index (χ0n) is 27.0. The molecule has 0 unspecified atom stereocenters. The molecule has 8 nitrogen and oxygen atoms in total. The number of piperidine rings is 1. The number of anilines is 2. The SMILES string of the molecule is CCOc1cc(S(C)(=O)=O)ccc1N(CC#Cc1cc2c(N)cccc2n1CC(F)(F)F)C1CCC(N2CCC3(CC2)COC3)CC1. The van der Waals surface area contributed by atoms with E-state index in [0.29, 0.717) is 40.4 Å². The van der Waals surface area contributed by atoms with Crippen molar-refractivity contribution in [3.8, 4) is 17.6 Å². The van der Waals surface area contributed by atoms with Crippen molar-refractivity contribution in [1.29, 1.82) is 0 Å². The van der Waals surface area contributed by atoms with Crippen LogP contribution in [0.2, 0.25) is 0 Å². The molecule has 3 aromatic rings. The molecule has 0 atom stereocenters. The van der Waals surface area contributed by atoms with Gasteiger partial charge in [0.15, 0.2) is 9.84 Å². The number of nitrogen functional groups attached to an aromatic ring is 1. The number of nitrogens with zero attached hydrogens (tertiary/aromatic N) is 3. The number of ether oxygens (including phenoxy) is 2. The lowest BCUT2D eigenvalue weighted by Crippen LogP contribution is -2.54. The molecule has 6 rings (SSSR count). The highest BCUT2D eigenvalue weighted by molar-refractivity contribution is 7.90. The van der Waals surface area contributed by atoms with Crippen molar-refractivity contribution in [3.63, 3.8) is 0 Å². The summed E-state index contributed by atoms with van der Waals surface area (Å²) in [5.41, 5.74) is 8.22. The quantitative estimate of drug-likeness (QED) is 0.237. The molecule has 0 amide bonds. The smallest absolute Gasteiger partial charge is 0.406 e. The average Bonchev–Trinajstić information content (AvgIpc) is 3.35. The van der Waals surface area contributed by atoms with Crippen LogP contribution in [0.5, 0.6) is 5.75 Å². The number of nitrogens with two attached hydrogens (primary N) is 1. The molecule has 47 heavy (non-hydrogen) atoms. The van der Waals surface area contributed by atoms with E-state index < -0.39 is 22.6 Å². The Morgan fingerprint density at radius 3 is 2.43 bits per heavy atom. The molecule has 2 N–H and O–H groups in total. The summed E-state index contributed by atoms with van der Waals surface area (Å²) in [6.07, 6.45) is 2.92. The molecule has 1 saturated carbocycles. The fraction of sp³-hybridized carbons (Fsp3) is 0.543. The minimum absolute atomic E-state index is 0.0942. The fourth-order valence-corrected chi connectivity index (χ4v) is 8.03. The number of aromatic nitrogens is 1. The molecule has 1 aliphatic carbocycles. The van der Waals surface area contributed by atoms with Gasteiger partial charge in [-0.25, -0.2) is 8.42 Å². The number of rotatable bonds is 8. The fourth-order valence-electron chi connectivity index (χ4n) is 7.40. The monoisotopic (exact) mass is 672 g/mol. The second-order valence-corrected chi connectivity index (χ2v) is 15.3. The molecule has 3 fully saturated rings. The molecule has 254 valence electrons. The van der Waals surface area contributed by atoms with Crippen molar-refractivity contribution in [3.05, 3.63) is 48.2 Å². The Kier molecular flexibility index (Phi) is 9.44. The number of hydrogen-bond donors (Lipinski definition) is 1. The first kappa shape index (κ1) is 33.5. The Balaban J connectivity index is 1.28. The van der Waals surface area contributed by atoms with Crippen LogP contribution in [0.4, 0.5) is 24.5 Å². The third-order valence-electron chi connectivity index (χ3n) is 10.1. The Bertz CT molecular complexity index is 1760. The van der Waals surface area contributed by atoms with Crippen LogP contribution in [0.15, 0.2) is 47.4 Å². The minimum Gasteiger partial charge on any atom is -0.492 e. The van der Waals surface area contributed by atoms with Crippen LogP contribution in [-0.4, -0.2) is 81.9 Å². The van der Waals surface area contributed by atoms with Crippen molar-refractivity contribution >= 4 is 32.1 Å². The van der Waals surface area contributed by atoms with Crippen molar-refractivity contribution in [2.24, 2.45) is 5.41 Å². The average molecular weight is 673 g/mol.